The topological polar surface area (TPSA) is 67.8 Å². The van der Waals surface area contributed by atoms with Gasteiger partial charge in [0, 0.05) is 22.8 Å². The van der Waals surface area contributed by atoms with Crippen LogP contribution in [0.5, 0.6) is 0 Å². The van der Waals surface area contributed by atoms with E-state index in [1.807, 2.05) is 80.6 Å². The molecule has 0 spiro atoms. The molecule has 0 bridgehead atoms. The Morgan fingerprint density at radius 1 is 1.00 bits per heavy atom. The average molecular weight is 401 g/mol. The number of aryl methyl sites for hydroxylation is 1. The maximum absolute atomic E-state index is 12.8. The van der Waals surface area contributed by atoms with Crippen LogP contribution in [0.3, 0.4) is 0 Å². The SMILES string of the molecule is Cc1cc(-c2ccccc2)nc(S[C@H](C)C(=O)Nc2cccc3ncccc23)n1. The molecule has 2 heterocycles. The third kappa shape index (κ3) is 4.43. The van der Waals surface area contributed by atoms with E-state index in [2.05, 4.69) is 20.3 Å². The molecule has 2 aromatic heterocycles. The lowest BCUT2D eigenvalue weighted by molar-refractivity contribution is -0.115. The Morgan fingerprint density at radius 2 is 1.83 bits per heavy atom. The molecule has 0 radical (unpaired) electrons. The van der Waals surface area contributed by atoms with E-state index in [0.29, 0.717) is 5.16 Å². The monoisotopic (exact) mass is 400 g/mol. The van der Waals surface area contributed by atoms with Crippen LogP contribution in [0.2, 0.25) is 0 Å². The standard InChI is InChI=1S/C23H20N4OS/c1-15-14-21(17-8-4-3-5-9-17)27-23(25-15)29-16(2)22(28)26-20-12-6-11-19-18(20)10-7-13-24-19/h3-14,16H,1-2H3,(H,26,28)/t16-/m1/s1. The lowest BCUT2D eigenvalue weighted by atomic mass is 10.1. The van der Waals surface area contributed by atoms with Gasteiger partial charge in [0.15, 0.2) is 5.16 Å². The number of hydrogen-bond acceptors (Lipinski definition) is 5. The van der Waals surface area contributed by atoms with Gasteiger partial charge < -0.3 is 5.32 Å². The maximum atomic E-state index is 12.8. The molecule has 5 nitrogen and oxygen atoms in total. The average Bonchev–Trinajstić information content (AvgIpc) is 2.74. The van der Waals surface area contributed by atoms with Gasteiger partial charge in [-0.3, -0.25) is 9.78 Å². The van der Waals surface area contributed by atoms with E-state index in [4.69, 9.17) is 0 Å². The van der Waals surface area contributed by atoms with Gasteiger partial charge >= 0.3 is 0 Å². The van der Waals surface area contributed by atoms with Crippen molar-refractivity contribution in [1.29, 1.82) is 0 Å². The van der Waals surface area contributed by atoms with Gasteiger partial charge in [-0.25, -0.2) is 9.97 Å². The molecule has 1 N–H and O–H groups in total. The molecular weight excluding hydrogens is 380 g/mol. The number of nitrogens with one attached hydrogen (secondary N) is 1. The lowest BCUT2D eigenvalue weighted by Gasteiger charge is -2.13. The normalized spacial score (nSPS) is 11.9. The number of rotatable bonds is 5. The number of anilines is 1. The molecule has 0 saturated heterocycles. The molecule has 0 aliphatic carbocycles. The zero-order valence-corrected chi connectivity index (χ0v) is 17.0. The first-order chi connectivity index (χ1) is 14.1. The van der Waals surface area contributed by atoms with Crippen LogP contribution >= 0.6 is 11.8 Å². The van der Waals surface area contributed by atoms with Crippen LogP contribution < -0.4 is 5.32 Å². The minimum absolute atomic E-state index is 0.0993. The quantitative estimate of drug-likeness (QED) is 0.372. The third-order valence-corrected chi connectivity index (χ3v) is 5.42. The Bertz CT molecular complexity index is 1160. The molecule has 144 valence electrons. The number of hydrogen-bond donors (Lipinski definition) is 1. The summed E-state index contributed by atoms with van der Waals surface area (Å²) in [6, 6.07) is 21.4. The summed E-state index contributed by atoms with van der Waals surface area (Å²) in [6.45, 7) is 3.79. The van der Waals surface area contributed by atoms with Crippen molar-refractivity contribution in [2.45, 2.75) is 24.3 Å². The van der Waals surface area contributed by atoms with Crippen molar-refractivity contribution < 1.29 is 4.79 Å². The van der Waals surface area contributed by atoms with E-state index >= 15 is 0 Å². The minimum atomic E-state index is -0.354. The largest absolute Gasteiger partial charge is 0.324 e. The first-order valence-electron chi connectivity index (χ1n) is 9.32. The molecule has 0 fully saturated rings. The smallest absolute Gasteiger partial charge is 0.237 e. The van der Waals surface area contributed by atoms with Crippen LogP contribution in [0.25, 0.3) is 22.2 Å². The lowest BCUT2D eigenvalue weighted by Crippen LogP contribution is -2.22. The molecule has 2 aromatic carbocycles. The van der Waals surface area contributed by atoms with E-state index in [1.165, 1.54) is 11.8 Å². The second-order valence-electron chi connectivity index (χ2n) is 6.67. The fourth-order valence-corrected chi connectivity index (χ4v) is 3.84. The van der Waals surface area contributed by atoms with Gasteiger partial charge in [0.2, 0.25) is 5.91 Å². The number of thioether (sulfide) groups is 1. The van der Waals surface area contributed by atoms with Crippen LogP contribution in [0, 0.1) is 6.92 Å². The first kappa shape index (κ1) is 19.1. The number of carbonyl (C=O) groups is 1. The zero-order chi connectivity index (χ0) is 20.2. The van der Waals surface area contributed by atoms with Crippen molar-refractivity contribution in [1.82, 2.24) is 15.0 Å². The van der Waals surface area contributed by atoms with Crippen LogP contribution in [0.4, 0.5) is 5.69 Å². The van der Waals surface area contributed by atoms with E-state index in [1.54, 1.807) is 6.20 Å². The highest BCUT2D eigenvalue weighted by atomic mass is 32.2. The summed E-state index contributed by atoms with van der Waals surface area (Å²) in [5, 5.41) is 4.16. The molecule has 0 aliphatic rings. The highest BCUT2D eigenvalue weighted by Crippen LogP contribution is 2.26. The minimum Gasteiger partial charge on any atom is -0.324 e. The van der Waals surface area contributed by atoms with Crippen LogP contribution in [-0.2, 0) is 4.79 Å². The van der Waals surface area contributed by atoms with Crippen molar-refractivity contribution in [3.63, 3.8) is 0 Å². The predicted octanol–water partition coefficient (Wildman–Crippen LogP) is 5.12. The molecule has 0 saturated carbocycles. The highest BCUT2D eigenvalue weighted by molar-refractivity contribution is 8.00. The van der Waals surface area contributed by atoms with Crippen molar-refractivity contribution in [3.8, 4) is 11.3 Å². The number of fused-ring (bicyclic) bond motifs is 1. The van der Waals surface area contributed by atoms with E-state index < -0.39 is 0 Å². The van der Waals surface area contributed by atoms with Gasteiger partial charge in [-0.05, 0) is 44.2 Å². The summed E-state index contributed by atoms with van der Waals surface area (Å²) >= 11 is 1.35. The van der Waals surface area contributed by atoms with Crippen LogP contribution in [0.15, 0.2) is 78.1 Å². The number of benzene rings is 2. The van der Waals surface area contributed by atoms with Crippen LogP contribution in [-0.4, -0.2) is 26.1 Å². The third-order valence-electron chi connectivity index (χ3n) is 4.46. The molecule has 4 aromatic rings. The fraction of sp³-hybridized carbons (Fsp3) is 0.130. The molecule has 29 heavy (non-hydrogen) atoms. The molecule has 4 rings (SSSR count). The van der Waals surface area contributed by atoms with Gasteiger partial charge in [0.1, 0.15) is 0 Å². The van der Waals surface area contributed by atoms with Gasteiger partial charge in [-0.15, -0.1) is 0 Å². The van der Waals surface area contributed by atoms with Gasteiger partial charge in [-0.1, -0.05) is 48.2 Å². The van der Waals surface area contributed by atoms with E-state index in [0.717, 1.165) is 33.5 Å². The Kier molecular flexibility index (Phi) is 5.53. The summed E-state index contributed by atoms with van der Waals surface area (Å²) in [5.41, 5.74) is 4.35. The summed E-state index contributed by atoms with van der Waals surface area (Å²) in [6.07, 6.45) is 1.74. The second kappa shape index (κ2) is 8.41. The van der Waals surface area contributed by atoms with E-state index in [-0.39, 0.29) is 11.2 Å². The summed E-state index contributed by atoms with van der Waals surface area (Å²) < 4.78 is 0. The van der Waals surface area contributed by atoms with Gasteiger partial charge in [0.25, 0.3) is 0 Å². The Hall–Kier alpha value is -3.25. The molecule has 6 heteroatoms. The Morgan fingerprint density at radius 3 is 2.66 bits per heavy atom. The van der Waals surface area contributed by atoms with Gasteiger partial charge in [-0.2, -0.15) is 0 Å². The molecule has 0 unspecified atom stereocenters. The number of carbonyl (C=O) groups excluding carboxylic acids is 1. The second-order valence-corrected chi connectivity index (χ2v) is 7.98. The van der Waals surface area contributed by atoms with Crippen LogP contribution in [0.1, 0.15) is 12.6 Å². The summed E-state index contributed by atoms with van der Waals surface area (Å²) in [7, 11) is 0. The van der Waals surface area contributed by atoms with Crippen molar-refractivity contribution in [2.75, 3.05) is 5.32 Å². The summed E-state index contributed by atoms with van der Waals surface area (Å²) in [4.78, 5) is 26.3. The zero-order valence-electron chi connectivity index (χ0n) is 16.2. The van der Waals surface area contributed by atoms with Gasteiger partial charge in [0.05, 0.1) is 22.1 Å². The number of pyridine rings is 1. The molecule has 1 atom stereocenters. The Labute approximate surface area is 173 Å². The number of aromatic nitrogens is 3. The number of nitrogens with zero attached hydrogens (tertiary/aromatic N) is 3. The van der Waals surface area contributed by atoms with E-state index in [9.17, 15) is 4.79 Å². The number of amides is 1. The maximum Gasteiger partial charge on any atom is 0.237 e. The Balaban J connectivity index is 1.52. The molecular formula is C23H20N4OS. The van der Waals surface area contributed by atoms with Crippen molar-refractivity contribution in [3.05, 3.63) is 78.6 Å². The van der Waals surface area contributed by atoms with Crippen molar-refractivity contribution >= 4 is 34.3 Å². The predicted molar refractivity (Wildman–Crippen MR) is 118 cm³/mol. The van der Waals surface area contributed by atoms with Crippen molar-refractivity contribution in [2.24, 2.45) is 0 Å². The first-order valence-corrected chi connectivity index (χ1v) is 10.2. The molecule has 1 amide bonds. The molecule has 0 aliphatic heterocycles. The fourth-order valence-electron chi connectivity index (χ4n) is 3.01. The highest BCUT2D eigenvalue weighted by Gasteiger charge is 2.18. The summed E-state index contributed by atoms with van der Waals surface area (Å²) in [5.74, 6) is -0.0993.